The fraction of sp³-hybridized carbons (Fsp3) is 0.462. The number of nitrogens with zero attached hydrogens (tertiary/aromatic N) is 1. The molecule has 1 fully saturated rings. The SMILES string of the molecule is COc1cc(C)c(N2CC(S)CC2=O)cc1OC. The van der Waals surface area contributed by atoms with E-state index in [1.165, 1.54) is 0 Å². The van der Waals surface area contributed by atoms with Crippen LogP contribution in [0.4, 0.5) is 5.69 Å². The van der Waals surface area contributed by atoms with Crippen molar-refractivity contribution in [1.29, 1.82) is 0 Å². The molecule has 1 atom stereocenters. The molecule has 1 aromatic carbocycles. The van der Waals surface area contributed by atoms with Crippen LogP contribution in [-0.4, -0.2) is 31.9 Å². The molecule has 1 aliphatic rings. The summed E-state index contributed by atoms with van der Waals surface area (Å²) >= 11 is 4.36. The molecule has 0 spiro atoms. The predicted molar refractivity (Wildman–Crippen MR) is 74.0 cm³/mol. The van der Waals surface area contributed by atoms with Crippen molar-refractivity contribution in [3.8, 4) is 11.5 Å². The molecule has 1 amide bonds. The summed E-state index contributed by atoms with van der Waals surface area (Å²) in [6.45, 7) is 2.59. The maximum Gasteiger partial charge on any atom is 0.228 e. The van der Waals surface area contributed by atoms with E-state index in [1.54, 1.807) is 19.1 Å². The van der Waals surface area contributed by atoms with Gasteiger partial charge in [0, 0.05) is 24.3 Å². The van der Waals surface area contributed by atoms with Gasteiger partial charge in [0.2, 0.25) is 5.91 Å². The van der Waals surface area contributed by atoms with Crippen molar-refractivity contribution in [2.24, 2.45) is 0 Å². The van der Waals surface area contributed by atoms with E-state index in [4.69, 9.17) is 9.47 Å². The molecule has 0 saturated carbocycles. The van der Waals surface area contributed by atoms with Crippen molar-refractivity contribution in [3.05, 3.63) is 17.7 Å². The molecule has 1 heterocycles. The van der Waals surface area contributed by atoms with Crippen LogP contribution < -0.4 is 14.4 Å². The summed E-state index contributed by atoms with van der Waals surface area (Å²) in [5.41, 5.74) is 1.86. The Labute approximate surface area is 112 Å². The van der Waals surface area contributed by atoms with Crippen molar-refractivity contribution in [2.75, 3.05) is 25.7 Å². The number of methoxy groups -OCH3 is 2. The third-order valence-corrected chi connectivity index (χ3v) is 3.44. The van der Waals surface area contributed by atoms with E-state index in [9.17, 15) is 4.79 Å². The molecule has 1 saturated heterocycles. The van der Waals surface area contributed by atoms with E-state index >= 15 is 0 Å². The summed E-state index contributed by atoms with van der Waals surface area (Å²) < 4.78 is 10.5. The molecular weight excluding hydrogens is 250 g/mol. The molecule has 1 aliphatic heterocycles. The second-order valence-electron chi connectivity index (χ2n) is 4.36. The topological polar surface area (TPSA) is 38.8 Å². The zero-order valence-corrected chi connectivity index (χ0v) is 11.7. The van der Waals surface area contributed by atoms with Gasteiger partial charge >= 0.3 is 0 Å². The van der Waals surface area contributed by atoms with Gasteiger partial charge in [0.05, 0.1) is 19.9 Å². The Hall–Kier alpha value is -1.36. The number of hydrogen-bond donors (Lipinski definition) is 1. The molecule has 98 valence electrons. The second kappa shape index (κ2) is 5.10. The minimum Gasteiger partial charge on any atom is -0.493 e. The molecule has 18 heavy (non-hydrogen) atoms. The molecule has 1 unspecified atom stereocenters. The zero-order valence-electron chi connectivity index (χ0n) is 10.8. The lowest BCUT2D eigenvalue weighted by Gasteiger charge is -2.20. The third-order valence-electron chi connectivity index (χ3n) is 3.10. The summed E-state index contributed by atoms with van der Waals surface area (Å²) in [5, 5.41) is 0.102. The Balaban J connectivity index is 2.42. The van der Waals surface area contributed by atoms with Crippen LogP contribution >= 0.6 is 12.6 Å². The molecule has 0 radical (unpaired) electrons. The Morgan fingerprint density at radius 3 is 2.39 bits per heavy atom. The molecule has 5 heteroatoms. The first-order valence-electron chi connectivity index (χ1n) is 5.78. The van der Waals surface area contributed by atoms with Gasteiger partial charge in [-0.1, -0.05) is 0 Å². The predicted octanol–water partition coefficient (Wildman–Crippen LogP) is 2.05. The third kappa shape index (κ3) is 2.27. The van der Waals surface area contributed by atoms with E-state index in [0.717, 1.165) is 11.3 Å². The Bertz CT molecular complexity index is 476. The summed E-state index contributed by atoms with van der Waals surface area (Å²) in [6.07, 6.45) is 0.483. The lowest BCUT2D eigenvalue weighted by molar-refractivity contribution is -0.117. The Kier molecular flexibility index (Phi) is 3.71. The number of rotatable bonds is 3. The number of anilines is 1. The number of benzene rings is 1. The summed E-state index contributed by atoms with van der Waals surface area (Å²) in [4.78, 5) is 13.7. The average molecular weight is 267 g/mol. The lowest BCUT2D eigenvalue weighted by atomic mass is 10.1. The summed E-state index contributed by atoms with van der Waals surface area (Å²) in [7, 11) is 3.19. The summed E-state index contributed by atoms with van der Waals surface area (Å²) in [6, 6.07) is 3.73. The molecular formula is C13H17NO3S. The molecule has 0 aromatic heterocycles. The monoisotopic (exact) mass is 267 g/mol. The molecule has 2 rings (SSSR count). The van der Waals surface area contributed by atoms with Crippen LogP contribution in [0.3, 0.4) is 0 Å². The highest BCUT2D eigenvalue weighted by Crippen LogP contribution is 2.36. The lowest BCUT2D eigenvalue weighted by Crippen LogP contribution is -2.25. The fourth-order valence-electron chi connectivity index (χ4n) is 2.18. The van der Waals surface area contributed by atoms with Crippen LogP contribution in [0.25, 0.3) is 0 Å². The molecule has 0 aliphatic carbocycles. The van der Waals surface area contributed by atoms with Crippen molar-refractivity contribution in [1.82, 2.24) is 0 Å². The molecule has 0 bridgehead atoms. The molecule has 0 N–H and O–H groups in total. The zero-order chi connectivity index (χ0) is 13.3. The van der Waals surface area contributed by atoms with Crippen molar-refractivity contribution in [2.45, 2.75) is 18.6 Å². The summed E-state index contributed by atoms with van der Waals surface area (Å²) in [5.74, 6) is 1.41. The highest BCUT2D eigenvalue weighted by Gasteiger charge is 2.29. The number of carbonyl (C=O) groups excluding carboxylic acids is 1. The van der Waals surface area contributed by atoms with Crippen molar-refractivity contribution < 1.29 is 14.3 Å². The van der Waals surface area contributed by atoms with E-state index in [-0.39, 0.29) is 11.2 Å². The minimum absolute atomic E-state index is 0.102. The highest BCUT2D eigenvalue weighted by atomic mass is 32.1. The fourth-order valence-corrected chi connectivity index (χ4v) is 2.50. The van der Waals surface area contributed by atoms with Gasteiger partial charge in [0.15, 0.2) is 11.5 Å². The van der Waals surface area contributed by atoms with Crippen LogP contribution in [0.15, 0.2) is 12.1 Å². The van der Waals surface area contributed by atoms with Crippen molar-refractivity contribution >= 4 is 24.2 Å². The number of hydrogen-bond acceptors (Lipinski definition) is 4. The average Bonchev–Trinajstić information content (AvgIpc) is 2.68. The number of ether oxygens (including phenoxy) is 2. The van der Waals surface area contributed by atoms with Gasteiger partial charge in [-0.3, -0.25) is 4.79 Å². The highest BCUT2D eigenvalue weighted by molar-refractivity contribution is 7.81. The largest absolute Gasteiger partial charge is 0.493 e. The van der Waals surface area contributed by atoms with Gasteiger partial charge in [-0.25, -0.2) is 0 Å². The quantitative estimate of drug-likeness (QED) is 0.852. The van der Waals surface area contributed by atoms with E-state index < -0.39 is 0 Å². The van der Waals surface area contributed by atoms with E-state index in [2.05, 4.69) is 12.6 Å². The maximum absolute atomic E-state index is 11.9. The minimum atomic E-state index is 0.102. The van der Waals surface area contributed by atoms with Crippen LogP contribution in [0.2, 0.25) is 0 Å². The number of aryl methyl sites for hydroxylation is 1. The van der Waals surface area contributed by atoms with Gasteiger partial charge in [-0.2, -0.15) is 12.6 Å². The van der Waals surface area contributed by atoms with Crippen LogP contribution in [-0.2, 0) is 4.79 Å². The number of thiol groups is 1. The van der Waals surface area contributed by atoms with Gasteiger partial charge in [0.1, 0.15) is 0 Å². The normalized spacial score (nSPS) is 19.2. The van der Waals surface area contributed by atoms with E-state index in [0.29, 0.717) is 24.5 Å². The van der Waals surface area contributed by atoms with Crippen LogP contribution in [0, 0.1) is 6.92 Å². The van der Waals surface area contributed by atoms with Crippen LogP contribution in [0.5, 0.6) is 11.5 Å². The van der Waals surface area contributed by atoms with Gasteiger partial charge in [-0.15, -0.1) is 0 Å². The first-order chi connectivity index (χ1) is 8.56. The molecule has 1 aromatic rings. The first kappa shape index (κ1) is 13.1. The van der Waals surface area contributed by atoms with E-state index in [1.807, 2.05) is 19.1 Å². The van der Waals surface area contributed by atoms with Gasteiger partial charge in [-0.05, 0) is 18.6 Å². The number of amides is 1. The van der Waals surface area contributed by atoms with Gasteiger partial charge < -0.3 is 14.4 Å². The second-order valence-corrected chi connectivity index (χ2v) is 5.09. The first-order valence-corrected chi connectivity index (χ1v) is 6.29. The smallest absolute Gasteiger partial charge is 0.228 e. The Morgan fingerprint density at radius 1 is 1.28 bits per heavy atom. The van der Waals surface area contributed by atoms with Crippen molar-refractivity contribution in [3.63, 3.8) is 0 Å². The number of carbonyl (C=O) groups is 1. The Morgan fingerprint density at radius 2 is 1.89 bits per heavy atom. The van der Waals surface area contributed by atoms with Gasteiger partial charge in [0.25, 0.3) is 0 Å². The van der Waals surface area contributed by atoms with Crippen LogP contribution in [0.1, 0.15) is 12.0 Å². The standard InChI is InChI=1S/C13H17NO3S/c1-8-4-11(16-2)12(17-3)6-10(8)14-7-9(18)5-13(14)15/h4,6,9,18H,5,7H2,1-3H3. The molecule has 4 nitrogen and oxygen atoms in total. The maximum atomic E-state index is 11.9.